The molecule has 12 heteroatoms. The molecule has 4 rings (SSSR count). The molecule has 32 heavy (non-hydrogen) atoms. The van der Waals surface area contributed by atoms with E-state index in [4.69, 9.17) is 0 Å². The molecule has 0 aliphatic heterocycles. The van der Waals surface area contributed by atoms with Crippen LogP contribution in [0, 0.1) is 11.6 Å². The predicted molar refractivity (Wildman–Crippen MR) is 96.8 cm³/mol. The molecule has 0 spiro atoms. The number of hydrogen-bond acceptors (Lipinski definition) is 2. The van der Waals surface area contributed by atoms with Gasteiger partial charge in [-0.1, -0.05) is 18.2 Å². The van der Waals surface area contributed by atoms with Crippen LogP contribution in [0.25, 0.3) is 17.0 Å². The number of aromatic amines is 1. The number of imidazole rings is 1. The van der Waals surface area contributed by atoms with Gasteiger partial charge < -0.3 is 4.98 Å². The Labute approximate surface area is 173 Å². The van der Waals surface area contributed by atoms with Crippen LogP contribution in [0.5, 0.6) is 0 Å². The summed E-state index contributed by atoms with van der Waals surface area (Å²) in [6, 6.07) is 2.60. The van der Waals surface area contributed by atoms with E-state index in [0.29, 0.717) is 10.5 Å². The zero-order valence-corrected chi connectivity index (χ0v) is 15.7. The molecule has 1 unspecified atom stereocenters. The summed E-state index contributed by atoms with van der Waals surface area (Å²) in [6.07, 6.45) is -7.03. The zero-order valence-electron chi connectivity index (χ0n) is 15.7. The lowest BCUT2D eigenvalue weighted by Crippen LogP contribution is -2.20. The number of halogens is 8. The first-order valence-corrected chi connectivity index (χ1v) is 9.00. The summed E-state index contributed by atoms with van der Waals surface area (Å²) in [5.74, 6) is -3.57. The number of hydrogen-bond donors (Lipinski definition) is 1. The maximum atomic E-state index is 14.6. The van der Waals surface area contributed by atoms with Crippen LogP contribution < -0.4 is 5.56 Å². The van der Waals surface area contributed by atoms with Crippen molar-refractivity contribution in [2.24, 2.45) is 0 Å². The first kappa shape index (κ1) is 21.8. The van der Waals surface area contributed by atoms with Crippen molar-refractivity contribution in [2.75, 3.05) is 0 Å². The van der Waals surface area contributed by atoms with Crippen LogP contribution in [0.15, 0.2) is 52.9 Å². The molecule has 1 atom stereocenters. The van der Waals surface area contributed by atoms with Crippen LogP contribution in [-0.4, -0.2) is 20.5 Å². The second-order valence-corrected chi connectivity index (χ2v) is 7.01. The van der Waals surface area contributed by atoms with Gasteiger partial charge in [0.25, 0.3) is 5.56 Å². The van der Waals surface area contributed by atoms with Crippen LogP contribution in [0.1, 0.15) is 23.7 Å². The van der Waals surface area contributed by atoms with Crippen LogP contribution in [0.3, 0.4) is 0 Å². The van der Waals surface area contributed by atoms with Gasteiger partial charge in [-0.15, -0.1) is 0 Å². The second kappa shape index (κ2) is 7.31. The molecule has 3 aromatic rings. The largest absolute Gasteiger partial charge is 0.431 e. The molecule has 1 aromatic carbocycles. The molecule has 168 valence electrons. The second-order valence-electron chi connectivity index (χ2n) is 7.01. The number of nitrogens with zero attached hydrogens (tertiary/aromatic N) is 2. The third kappa shape index (κ3) is 3.80. The van der Waals surface area contributed by atoms with Crippen LogP contribution in [0.2, 0.25) is 0 Å². The van der Waals surface area contributed by atoms with E-state index in [1.54, 1.807) is 0 Å². The number of aromatic nitrogens is 3. The van der Waals surface area contributed by atoms with E-state index in [9.17, 15) is 39.9 Å². The molecule has 0 saturated heterocycles. The molecule has 0 fully saturated rings. The van der Waals surface area contributed by atoms with Crippen molar-refractivity contribution in [1.82, 2.24) is 14.4 Å². The minimum absolute atomic E-state index is 0.142. The van der Waals surface area contributed by atoms with E-state index in [0.717, 1.165) is 30.4 Å². The van der Waals surface area contributed by atoms with Gasteiger partial charge in [-0.05, 0) is 18.6 Å². The summed E-state index contributed by atoms with van der Waals surface area (Å²) in [5, 5.41) is 0. The maximum absolute atomic E-state index is 14.6. The van der Waals surface area contributed by atoms with Crippen molar-refractivity contribution < 1.29 is 35.1 Å². The fourth-order valence-corrected chi connectivity index (χ4v) is 3.47. The average Bonchev–Trinajstić information content (AvgIpc) is 3.07. The average molecular weight is 461 g/mol. The normalized spacial score (nSPS) is 17.1. The number of rotatable bonds is 2. The van der Waals surface area contributed by atoms with E-state index in [1.807, 2.05) is 4.98 Å². The molecule has 0 saturated carbocycles. The minimum Gasteiger partial charge on any atom is -0.321 e. The Morgan fingerprint density at radius 1 is 1.03 bits per heavy atom. The molecule has 2 aromatic heterocycles. The Morgan fingerprint density at radius 2 is 1.75 bits per heavy atom. The molecule has 0 amide bonds. The standard InChI is InChI=1S/C20H11F8N3O/c21-11-5-6-12(13(22)7-11)17-16(9-1-3-10(4-2-9)19(23,24)25)30-18-29-14(20(26,27)28)8-15(32)31(17)18/h1,3-9H,2H2,(H,29,30). The Bertz CT molecular complexity index is 1330. The van der Waals surface area contributed by atoms with E-state index in [1.165, 1.54) is 0 Å². The Morgan fingerprint density at radius 3 is 2.31 bits per heavy atom. The number of allylic oxidation sites excluding steroid dienone is 4. The first-order chi connectivity index (χ1) is 14.9. The van der Waals surface area contributed by atoms with E-state index >= 15 is 0 Å². The molecular weight excluding hydrogens is 450 g/mol. The molecule has 1 aliphatic carbocycles. The lowest BCUT2D eigenvalue weighted by atomic mass is 9.91. The van der Waals surface area contributed by atoms with Gasteiger partial charge in [0.2, 0.25) is 5.78 Å². The quantitative estimate of drug-likeness (QED) is 0.511. The lowest BCUT2D eigenvalue weighted by Gasteiger charge is -2.18. The van der Waals surface area contributed by atoms with Gasteiger partial charge in [-0.2, -0.15) is 26.3 Å². The molecule has 4 nitrogen and oxygen atoms in total. The molecule has 1 aliphatic rings. The molecule has 0 radical (unpaired) electrons. The van der Waals surface area contributed by atoms with E-state index < -0.39 is 52.5 Å². The Hall–Kier alpha value is -3.44. The Kier molecular flexibility index (Phi) is 4.98. The van der Waals surface area contributed by atoms with E-state index in [-0.39, 0.29) is 29.4 Å². The van der Waals surface area contributed by atoms with Gasteiger partial charge in [-0.25, -0.2) is 18.2 Å². The summed E-state index contributed by atoms with van der Waals surface area (Å²) >= 11 is 0. The number of benzene rings is 1. The molecule has 0 bridgehead atoms. The van der Waals surface area contributed by atoms with Gasteiger partial charge in [0.15, 0.2) is 0 Å². The van der Waals surface area contributed by atoms with Crippen molar-refractivity contribution in [3.05, 3.63) is 81.4 Å². The van der Waals surface area contributed by atoms with Crippen molar-refractivity contribution in [3.63, 3.8) is 0 Å². The third-order valence-corrected chi connectivity index (χ3v) is 4.91. The molecular formula is C20H11F8N3O. The van der Waals surface area contributed by atoms with Gasteiger partial charge >= 0.3 is 12.4 Å². The number of fused-ring (bicyclic) bond motifs is 1. The van der Waals surface area contributed by atoms with Crippen molar-refractivity contribution in [3.8, 4) is 11.3 Å². The first-order valence-electron chi connectivity index (χ1n) is 9.00. The highest BCUT2D eigenvalue weighted by Gasteiger charge is 2.36. The van der Waals surface area contributed by atoms with Crippen LogP contribution in [-0.2, 0) is 6.18 Å². The van der Waals surface area contributed by atoms with Crippen molar-refractivity contribution in [1.29, 1.82) is 0 Å². The van der Waals surface area contributed by atoms with Crippen LogP contribution in [0.4, 0.5) is 35.1 Å². The summed E-state index contributed by atoms with van der Waals surface area (Å²) in [5.41, 5.74) is -4.31. The fourth-order valence-electron chi connectivity index (χ4n) is 3.47. The number of H-pyrrole nitrogens is 1. The summed E-state index contributed by atoms with van der Waals surface area (Å²) in [6.45, 7) is 0. The Balaban J connectivity index is 1.96. The van der Waals surface area contributed by atoms with Gasteiger partial charge in [0, 0.05) is 23.6 Å². The van der Waals surface area contributed by atoms with Crippen LogP contribution >= 0.6 is 0 Å². The summed E-state index contributed by atoms with van der Waals surface area (Å²) in [4.78, 5) is 18.5. The van der Waals surface area contributed by atoms with Crippen molar-refractivity contribution >= 4 is 5.78 Å². The SMILES string of the molecule is O=c1cc(C(F)(F)F)[nH]c2nc(C3C=CC(C(F)(F)F)=CC3)c(-c3ccc(F)cc3F)n12. The highest BCUT2D eigenvalue weighted by molar-refractivity contribution is 5.68. The topological polar surface area (TPSA) is 50.2 Å². The molecule has 2 heterocycles. The van der Waals surface area contributed by atoms with E-state index in [2.05, 4.69) is 4.98 Å². The molecule has 1 N–H and O–H groups in total. The maximum Gasteiger partial charge on any atom is 0.431 e. The van der Waals surface area contributed by atoms with Gasteiger partial charge in [0.1, 0.15) is 17.3 Å². The highest BCUT2D eigenvalue weighted by atomic mass is 19.4. The highest BCUT2D eigenvalue weighted by Crippen LogP contribution is 2.38. The third-order valence-electron chi connectivity index (χ3n) is 4.91. The smallest absolute Gasteiger partial charge is 0.321 e. The summed E-state index contributed by atoms with van der Waals surface area (Å²) in [7, 11) is 0. The van der Waals surface area contributed by atoms with Gasteiger partial charge in [-0.3, -0.25) is 4.79 Å². The fraction of sp³-hybridized carbons (Fsp3) is 0.200. The number of alkyl halides is 6. The zero-order chi connectivity index (χ0) is 23.4. The predicted octanol–water partition coefficient (Wildman–Crippen LogP) is 5.52. The monoisotopic (exact) mass is 461 g/mol. The lowest BCUT2D eigenvalue weighted by molar-refractivity contribution is -0.141. The number of nitrogens with one attached hydrogen (secondary N) is 1. The van der Waals surface area contributed by atoms with Gasteiger partial charge in [0.05, 0.1) is 17.0 Å². The van der Waals surface area contributed by atoms with Crippen molar-refractivity contribution in [2.45, 2.75) is 24.7 Å². The summed E-state index contributed by atoms with van der Waals surface area (Å²) < 4.78 is 107. The minimum atomic E-state index is -4.91.